The van der Waals surface area contributed by atoms with Crippen LogP contribution in [0.5, 0.6) is 11.5 Å². The normalized spacial score (nSPS) is 14.6. The van der Waals surface area contributed by atoms with Gasteiger partial charge in [0.2, 0.25) is 0 Å². The van der Waals surface area contributed by atoms with Crippen LogP contribution in [0.3, 0.4) is 0 Å². The first-order valence-electron chi connectivity index (χ1n) is 13.1. The Morgan fingerprint density at radius 1 is 0.821 bits per heavy atom. The van der Waals surface area contributed by atoms with Crippen LogP contribution < -0.4 is 15.2 Å². The van der Waals surface area contributed by atoms with Gasteiger partial charge in [-0.3, -0.25) is 4.79 Å². The van der Waals surface area contributed by atoms with Gasteiger partial charge in [0.05, 0.1) is 6.61 Å². The van der Waals surface area contributed by atoms with Crippen LogP contribution in [0, 0.1) is 0 Å². The van der Waals surface area contributed by atoms with Gasteiger partial charge in [-0.25, -0.2) is 14.4 Å². The minimum absolute atomic E-state index is 0.00333. The minimum atomic E-state index is -1.41. The van der Waals surface area contributed by atoms with Crippen LogP contribution in [0.4, 0.5) is 14.4 Å². The fraction of sp³-hybridized carbons (Fsp3) is 0.630. The Morgan fingerprint density at radius 2 is 1.36 bits per heavy atom. The number of unbranched alkanes of at least 4 members (excludes halogenated alkanes) is 1. The summed E-state index contributed by atoms with van der Waals surface area (Å²) in [5.41, 5.74) is 6.31. The van der Waals surface area contributed by atoms with E-state index in [4.69, 9.17) is 34.2 Å². The molecule has 0 saturated carbocycles. The van der Waals surface area contributed by atoms with Crippen molar-refractivity contribution in [2.24, 2.45) is 5.73 Å². The fourth-order valence-electron chi connectivity index (χ4n) is 3.21. The first-order chi connectivity index (χ1) is 18.4. The monoisotopic (exact) mass is 555 g/mol. The molecule has 0 saturated heterocycles. The van der Waals surface area contributed by atoms with Crippen molar-refractivity contribution >= 4 is 24.4 Å². The highest BCUT2D eigenvalue weighted by Crippen LogP contribution is 2.35. The number of benzene rings is 1. The molecule has 0 heterocycles. The van der Waals surface area contributed by atoms with Crippen molar-refractivity contribution in [2.75, 3.05) is 6.61 Å². The van der Waals surface area contributed by atoms with Gasteiger partial charge in [0.15, 0.2) is 11.5 Å². The highest BCUT2D eigenvalue weighted by atomic mass is 16.8. The first kappa shape index (κ1) is 33.5. The minimum Gasteiger partial charge on any atom is -0.480 e. The van der Waals surface area contributed by atoms with Gasteiger partial charge in [-0.1, -0.05) is 33.3 Å². The maximum Gasteiger partial charge on any atom is 0.514 e. The summed E-state index contributed by atoms with van der Waals surface area (Å²) >= 11 is 0. The zero-order valence-corrected chi connectivity index (χ0v) is 23.5. The van der Waals surface area contributed by atoms with Crippen molar-refractivity contribution in [3.63, 3.8) is 0 Å². The van der Waals surface area contributed by atoms with Crippen LogP contribution in [0.15, 0.2) is 18.2 Å². The Bertz CT molecular complexity index is 952. The van der Waals surface area contributed by atoms with Crippen molar-refractivity contribution < 1.29 is 52.7 Å². The lowest BCUT2D eigenvalue weighted by Gasteiger charge is -2.25. The molecule has 0 aliphatic rings. The zero-order chi connectivity index (χ0) is 29.5. The van der Waals surface area contributed by atoms with Crippen molar-refractivity contribution in [1.82, 2.24) is 0 Å². The number of ether oxygens (including phenoxy) is 6. The number of aliphatic carboxylic acids is 1. The Hall–Kier alpha value is -3.54. The molecule has 0 fully saturated rings. The summed E-state index contributed by atoms with van der Waals surface area (Å²) in [5, 5.41) is 9.62. The molecule has 12 heteroatoms. The van der Waals surface area contributed by atoms with E-state index in [0.29, 0.717) is 24.8 Å². The van der Waals surface area contributed by atoms with E-state index in [2.05, 4.69) is 0 Å². The summed E-state index contributed by atoms with van der Waals surface area (Å²) < 4.78 is 31.1. The van der Waals surface area contributed by atoms with Crippen LogP contribution in [-0.2, 0) is 23.7 Å². The lowest BCUT2D eigenvalue weighted by Crippen LogP contribution is -2.38. The number of rotatable bonds is 15. The predicted molar refractivity (Wildman–Crippen MR) is 140 cm³/mol. The molecule has 0 bridgehead atoms. The number of hydrogen-bond donors (Lipinski definition) is 2. The average molecular weight is 556 g/mol. The standard InChI is InChI=1S/C27H41NO11/c1-7-10-13-34-25(31)37-18(6)14-20(23(28)24(29)30)19-11-12-21(38-26(32)35-16(4)8-2)22(15-19)39-27(33)36-17(5)9-3/h11-12,15-18,20,23H,7-10,13-14,28H2,1-6H3,(H,29,30)/t16?,17?,18?,20?,23-/m0/s1. The van der Waals surface area contributed by atoms with Crippen LogP contribution in [-0.4, -0.2) is 60.5 Å². The molecular weight excluding hydrogens is 514 g/mol. The second kappa shape index (κ2) is 17.1. The fourth-order valence-corrected chi connectivity index (χ4v) is 3.21. The first-order valence-corrected chi connectivity index (χ1v) is 13.1. The molecule has 3 N–H and O–H groups in total. The Morgan fingerprint density at radius 3 is 1.87 bits per heavy atom. The van der Waals surface area contributed by atoms with Crippen LogP contribution in [0.25, 0.3) is 0 Å². The molecule has 0 aromatic heterocycles. The predicted octanol–water partition coefficient (Wildman–Crippen LogP) is 5.54. The zero-order valence-electron chi connectivity index (χ0n) is 23.5. The third-order valence-corrected chi connectivity index (χ3v) is 5.85. The van der Waals surface area contributed by atoms with Crippen molar-refractivity contribution in [3.8, 4) is 11.5 Å². The maximum atomic E-state index is 12.4. The molecule has 0 spiro atoms. The Labute approximate surface area is 229 Å². The Balaban J connectivity index is 3.28. The number of carbonyl (C=O) groups is 4. The molecular formula is C27H41NO11. The lowest BCUT2D eigenvalue weighted by molar-refractivity contribution is -0.139. The molecule has 4 unspecified atom stereocenters. The van der Waals surface area contributed by atoms with Gasteiger partial charge in [0.25, 0.3) is 0 Å². The molecule has 1 aromatic carbocycles. The molecule has 220 valence electrons. The number of carboxylic acids is 1. The van der Waals surface area contributed by atoms with Crippen molar-refractivity contribution in [3.05, 3.63) is 23.8 Å². The second-order valence-electron chi connectivity index (χ2n) is 9.17. The number of hydrogen-bond acceptors (Lipinski definition) is 11. The van der Waals surface area contributed by atoms with Crippen molar-refractivity contribution in [2.45, 2.75) is 104 Å². The van der Waals surface area contributed by atoms with E-state index in [1.54, 1.807) is 20.8 Å². The van der Waals surface area contributed by atoms with Crippen LogP contribution in [0.2, 0.25) is 0 Å². The summed E-state index contributed by atoms with van der Waals surface area (Å²) in [5.74, 6) is -2.56. The van der Waals surface area contributed by atoms with Gasteiger partial charge in [-0.05, 0) is 64.2 Å². The third kappa shape index (κ3) is 12.2. The molecule has 0 radical (unpaired) electrons. The molecule has 0 amide bonds. The van der Waals surface area contributed by atoms with E-state index >= 15 is 0 Å². The van der Waals surface area contributed by atoms with Crippen molar-refractivity contribution in [1.29, 1.82) is 0 Å². The van der Waals surface area contributed by atoms with Gasteiger partial charge < -0.3 is 39.3 Å². The summed E-state index contributed by atoms with van der Waals surface area (Å²) in [6.45, 7) is 10.7. The van der Waals surface area contributed by atoms with E-state index in [-0.39, 0.29) is 24.5 Å². The topological polar surface area (TPSA) is 170 Å². The molecule has 1 rings (SSSR count). The summed E-state index contributed by atoms with van der Waals surface area (Å²) in [4.78, 5) is 48.4. The molecule has 0 aliphatic carbocycles. The van der Waals surface area contributed by atoms with Gasteiger partial charge in [-0.2, -0.15) is 0 Å². The summed E-state index contributed by atoms with van der Waals surface area (Å²) in [7, 11) is 0. The maximum absolute atomic E-state index is 12.4. The highest BCUT2D eigenvalue weighted by Gasteiger charge is 2.30. The quantitative estimate of drug-likeness (QED) is 0.120. The lowest BCUT2D eigenvalue weighted by atomic mass is 9.87. The van der Waals surface area contributed by atoms with E-state index in [0.717, 1.165) is 6.42 Å². The average Bonchev–Trinajstić information content (AvgIpc) is 2.87. The van der Waals surface area contributed by atoms with Crippen LogP contribution in [0.1, 0.15) is 85.1 Å². The highest BCUT2D eigenvalue weighted by molar-refractivity contribution is 5.75. The molecule has 1 aromatic rings. The smallest absolute Gasteiger partial charge is 0.480 e. The van der Waals surface area contributed by atoms with Gasteiger partial charge >= 0.3 is 24.4 Å². The van der Waals surface area contributed by atoms with Crippen LogP contribution >= 0.6 is 0 Å². The molecule has 0 aliphatic heterocycles. The largest absolute Gasteiger partial charge is 0.514 e. The molecule has 5 atom stereocenters. The van der Waals surface area contributed by atoms with E-state index < -0.39 is 54.7 Å². The number of carbonyl (C=O) groups excluding carboxylic acids is 3. The summed E-state index contributed by atoms with van der Waals surface area (Å²) in [6.07, 6.45) is -1.95. The van der Waals surface area contributed by atoms with Gasteiger partial charge in [0, 0.05) is 5.92 Å². The molecule has 39 heavy (non-hydrogen) atoms. The van der Waals surface area contributed by atoms with E-state index in [1.165, 1.54) is 18.2 Å². The number of nitrogens with two attached hydrogens (primary N) is 1. The number of carboxylic acid groups (broad SMARTS) is 1. The second-order valence-corrected chi connectivity index (χ2v) is 9.17. The third-order valence-electron chi connectivity index (χ3n) is 5.85. The SMILES string of the molecule is CCCCOC(=O)OC(C)CC(c1ccc(OC(=O)OC(C)CC)c(OC(=O)OC(C)CC)c1)[C@H](N)C(=O)O. The van der Waals surface area contributed by atoms with E-state index in [9.17, 15) is 24.3 Å². The van der Waals surface area contributed by atoms with Gasteiger partial charge in [0.1, 0.15) is 24.4 Å². The van der Waals surface area contributed by atoms with Gasteiger partial charge in [-0.15, -0.1) is 0 Å². The summed E-state index contributed by atoms with van der Waals surface area (Å²) in [6, 6.07) is 2.71. The van der Waals surface area contributed by atoms with E-state index in [1.807, 2.05) is 20.8 Å². The Kier molecular flexibility index (Phi) is 14.7. The molecule has 12 nitrogen and oxygen atoms in total.